The highest BCUT2D eigenvalue weighted by Crippen LogP contribution is 2.22. The Hall–Kier alpha value is -0.570. The fourth-order valence-corrected chi connectivity index (χ4v) is 3.77. The van der Waals surface area contributed by atoms with Crippen LogP contribution in [0.2, 0.25) is 0 Å². The van der Waals surface area contributed by atoms with Crippen LogP contribution in [0.15, 0.2) is 23.4 Å². The molecule has 1 aromatic heterocycles. The number of nitrogens with zero attached hydrogens (tertiary/aromatic N) is 2. The van der Waals surface area contributed by atoms with Crippen molar-refractivity contribution in [2.75, 3.05) is 25.0 Å². The minimum atomic E-state index is -3.85. The number of rotatable bonds is 5. The van der Waals surface area contributed by atoms with Gasteiger partial charge in [-0.25, -0.2) is 17.8 Å². The molecule has 0 bridgehead atoms. The SMILES string of the molecule is O=S(=O)(c1ncccc1F)N1CCC(OCCBr)CC1. The van der Waals surface area contributed by atoms with Gasteiger partial charge < -0.3 is 4.74 Å². The molecule has 1 aliphatic heterocycles. The van der Waals surface area contributed by atoms with E-state index in [1.807, 2.05) is 0 Å². The highest BCUT2D eigenvalue weighted by Gasteiger charge is 2.32. The van der Waals surface area contributed by atoms with Crippen LogP contribution in [0.5, 0.6) is 0 Å². The van der Waals surface area contributed by atoms with Crippen LogP contribution >= 0.6 is 15.9 Å². The van der Waals surface area contributed by atoms with Crippen molar-refractivity contribution in [3.63, 3.8) is 0 Å². The molecule has 0 unspecified atom stereocenters. The van der Waals surface area contributed by atoms with Crippen LogP contribution in [-0.4, -0.2) is 48.8 Å². The van der Waals surface area contributed by atoms with Crippen molar-refractivity contribution in [3.05, 3.63) is 24.1 Å². The number of hydrogen-bond acceptors (Lipinski definition) is 4. The monoisotopic (exact) mass is 366 g/mol. The molecule has 0 spiro atoms. The summed E-state index contributed by atoms with van der Waals surface area (Å²) in [6.45, 7) is 1.25. The molecule has 1 aliphatic rings. The normalized spacial score (nSPS) is 18.3. The molecule has 1 fully saturated rings. The third kappa shape index (κ3) is 3.55. The van der Waals surface area contributed by atoms with Crippen LogP contribution in [0.3, 0.4) is 0 Å². The number of ether oxygens (including phenoxy) is 1. The Bertz CT molecular complexity index is 547. The van der Waals surface area contributed by atoms with Crippen molar-refractivity contribution in [2.24, 2.45) is 0 Å². The predicted molar refractivity (Wildman–Crippen MR) is 75.7 cm³/mol. The van der Waals surface area contributed by atoms with E-state index in [-0.39, 0.29) is 6.10 Å². The summed E-state index contributed by atoms with van der Waals surface area (Å²) in [7, 11) is -3.85. The van der Waals surface area contributed by atoms with Gasteiger partial charge in [-0.3, -0.25) is 0 Å². The smallest absolute Gasteiger partial charge is 0.263 e. The van der Waals surface area contributed by atoms with Crippen molar-refractivity contribution in [1.82, 2.24) is 9.29 Å². The van der Waals surface area contributed by atoms with Crippen LogP contribution in [0, 0.1) is 5.82 Å². The van der Waals surface area contributed by atoms with E-state index in [9.17, 15) is 12.8 Å². The lowest BCUT2D eigenvalue weighted by molar-refractivity contribution is 0.0308. The van der Waals surface area contributed by atoms with Gasteiger partial charge in [0.25, 0.3) is 10.0 Å². The molecule has 20 heavy (non-hydrogen) atoms. The first-order valence-corrected chi connectivity index (χ1v) is 8.90. The molecule has 0 N–H and O–H groups in total. The Morgan fingerprint density at radius 3 is 2.75 bits per heavy atom. The highest BCUT2D eigenvalue weighted by molar-refractivity contribution is 9.09. The van der Waals surface area contributed by atoms with E-state index >= 15 is 0 Å². The summed E-state index contributed by atoms with van der Waals surface area (Å²) < 4.78 is 45.0. The molecule has 2 rings (SSSR count). The van der Waals surface area contributed by atoms with Crippen molar-refractivity contribution < 1.29 is 17.5 Å². The van der Waals surface area contributed by atoms with Crippen molar-refractivity contribution in [1.29, 1.82) is 0 Å². The van der Waals surface area contributed by atoms with E-state index in [1.165, 1.54) is 16.6 Å². The first kappa shape index (κ1) is 15.8. The van der Waals surface area contributed by atoms with Gasteiger partial charge in [-0.2, -0.15) is 4.31 Å². The van der Waals surface area contributed by atoms with Gasteiger partial charge in [0.05, 0.1) is 12.7 Å². The van der Waals surface area contributed by atoms with Gasteiger partial charge >= 0.3 is 0 Å². The highest BCUT2D eigenvalue weighted by atomic mass is 79.9. The van der Waals surface area contributed by atoms with Gasteiger partial charge in [0.2, 0.25) is 5.03 Å². The fourth-order valence-electron chi connectivity index (χ4n) is 2.13. The number of aromatic nitrogens is 1. The largest absolute Gasteiger partial charge is 0.377 e. The first-order chi connectivity index (χ1) is 9.55. The predicted octanol–water partition coefficient (Wildman–Crippen LogP) is 1.79. The number of piperidine rings is 1. The van der Waals surface area contributed by atoms with E-state index in [2.05, 4.69) is 20.9 Å². The molecule has 0 aliphatic carbocycles. The van der Waals surface area contributed by atoms with Crippen LogP contribution < -0.4 is 0 Å². The van der Waals surface area contributed by atoms with Gasteiger partial charge in [0, 0.05) is 24.6 Å². The van der Waals surface area contributed by atoms with Gasteiger partial charge in [0.1, 0.15) is 0 Å². The molecule has 0 amide bonds. The number of hydrogen-bond donors (Lipinski definition) is 0. The Labute approximate surface area is 126 Å². The Balaban J connectivity index is 2.04. The third-order valence-electron chi connectivity index (χ3n) is 3.14. The molecule has 0 atom stereocenters. The summed E-state index contributed by atoms with van der Waals surface area (Å²) in [6.07, 6.45) is 2.57. The number of alkyl halides is 1. The maximum atomic E-state index is 13.6. The lowest BCUT2D eigenvalue weighted by Gasteiger charge is -2.30. The number of pyridine rings is 1. The maximum Gasteiger partial charge on any atom is 0.263 e. The van der Waals surface area contributed by atoms with E-state index < -0.39 is 20.9 Å². The average molecular weight is 367 g/mol. The Morgan fingerprint density at radius 2 is 2.15 bits per heavy atom. The maximum absolute atomic E-state index is 13.6. The second-order valence-corrected chi connectivity index (χ2v) is 7.10. The molecule has 0 saturated carbocycles. The summed E-state index contributed by atoms with van der Waals surface area (Å²) >= 11 is 3.28. The van der Waals surface area contributed by atoms with Crippen LogP contribution in [0.1, 0.15) is 12.8 Å². The van der Waals surface area contributed by atoms with Crippen LogP contribution in [0.4, 0.5) is 4.39 Å². The second kappa shape index (κ2) is 6.93. The third-order valence-corrected chi connectivity index (χ3v) is 5.30. The molecule has 112 valence electrons. The Morgan fingerprint density at radius 1 is 1.45 bits per heavy atom. The lowest BCUT2D eigenvalue weighted by atomic mass is 10.1. The average Bonchev–Trinajstić information content (AvgIpc) is 2.46. The molecule has 0 radical (unpaired) electrons. The van der Waals surface area contributed by atoms with Gasteiger partial charge in [0.15, 0.2) is 5.82 Å². The summed E-state index contributed by atoms with van der Waals surface area (Å²) in [4.78, 5) is 3.65. The second-order valence-electron chi connectivity index (χ2n) is 4.45. The zero-order chi connectivity index (χ0) is 14.6. The van der Waals surface area contributed by atoms with Crippen LogP contribution in [-0.2, 0) is 14.8 Å². The molecule has 8 heteroatoms. The van der Waals surface area contributed by atoms with Gasteiger partial charge in [-0.15, -0.1) is 0 Å². The Kier molecular flexibility index (Phi) is 5.48. The summed E-state index contributed by atoms with van der Waals surface area (Å²) in [6, 6.07) is 2.47. The zero-order valence-corrected chi connectivity index (χ0v) is 13.2. The first-order valence-electron chi connectivity index (χ1n) is 6.34. The lowest BCUT2D eigenvalue weighted by Crippen LogP contribution is -2.41. The minimum absolute atomic E-state index is 0.0626. The standard InChI is InChI=1S/C12H16BrFN2O3S/c13-5-9-19-10-3-7-16(8-4-10)20(17,18)12-11(14)2-1-6-15-12/h1-2,6,10H,3-5,7-9H2. The number of halogens is 2. The van der Waals surface area contributed by atoms with Gasteiger partial charge in [-0.05, 0) is 25.0 Å². The van der Waals surface area contributed by atoms with Gasteiger partial charge in [-0.1, -0.05) is 15.9 Å². The molecule has 0 aromatic carbocycles. The topological polar surface area (TPSA) is 59.5 Å². The molecule has 2 heterocycles. The van der Waals surface area contributed by atoms with E-state index in [0.717, 1.165) is 11.4 Å². The van der Waals surface area contributed by atoms with Crippen molar-refractivity contribution >= 4 is 26.0 Å². The summed E-state index contributed by atoms with van der Waals surface area (Å²) in [5.41, 5.74) is 0. The summed E-state index contributed by atoms with van der Waals surface area (Å²) in [5.74, 6) is -0.815. The minimum Gasteiger partial charge on any atom is -0.377 e. The summed E-state index contributed by atoms with van der Waals surface area (Å²) in [5, 5.41) is 0.254. The molecule has 5 nitrogen and oxygen atoms in total. The zero-order valence-electron chi connectivity index (χ0n) is 10.8. The molecular weight excluding hydrogens is 351 g/mol. The van der Waals surface area contributed by atoms with Crippen molar-refractivity contribution in [2.45, 2.75) is 24.0 Å². The van der Waals surface area contributed by atoms with Crippen LogP contribution in [0.25, 0.3) is 0 Å². The molecular formula is C12H16BrFN2O3S. The van der Waals surface area contributed by atoms with E-state index in [0.29, 0.717) is 32.5 Å². The fraction of sp³-hybridized carbons (Fsp3) is 0.583. The number of sulfonamides is 1. The van der Waals surface area contributed by atoms with Crippen molar-refractivity contribution in [3.8, 4) is 0 Å². The molecule has 1 aromatic rings. The molecule has 1 saturated heterocycles. The van der Waals surface area contributed by atoms with E-state index in [1.54, 1.807) is 0 Å². The quantitative estimate of drug-likeness (QED) is 0.745. The van der Waals surface area contributed by atoms with E-state index in [4.69, 9.17) is 4.74 Å².